The van der Waals surface area contributed by atoms with Gasteiger partial charge in [-0.1, -0.05) is 0 Å². The van der Waals surface area contributed by atoms with E-state index in [1.54, 1.807) is 18.2 Å². The SMILES string of the molecule is COc1ccc(OC)c(N(CCC(=O)O)C(C)=O)c1. The molecule has 19 heavy (non-hydrogen) atoms. The van der Waals surface area contributed by atoms with Crippen LogP contribution in [0.25, 0.3) is 0 Å². The summed E-state index contributed by atoms with van der Waals surface area (Å²) in [5, 5.41) is 8.72. The van der Waals surface area contributed by atoms with Gasteiger partial charge in [-0.3, -0.25) is 9.59 Å². The van der Waals surface area contributed by atoms with Gasteiger partial charge in [-0.15, -0.1) is 0 Å². The Bertz CT molecular complexity index is 472. The number of anilines is 1. The predicted octanol–water partition coefficient (Wildman–Crippen LogP) is 1.53. The van der Waals surface area contributed by atoms with Gasteiger partial charge < -0.3 is 19.5 Å². The van der Waals surface area contributed by atoms with E-state index in [2.05, 4.69) is 0 Å². The highest BCUT2D eigenvalue weighted by atomic mass is 16.5. The van der Waals surface area contributed by atoms with Crippen molar-refractivity contribution >= 4 is 17.6 Å². The Hall–Kier alpha value is -2.24. The van der Waals surface area contributed by atoms with Crippen molar-refractivity contribution in [1.29, 1.82) is 0 Å². The number of carboxylic acids is 1. The lowest BCUT2D eigenvalue weighted by atomic mass is 10.2. The number of nitrogens with zero attached hydrogens (tertiary/aromatic N) is 1. The van der Waals surface area contributed by atoms with E-state index in [4.69, 9.17) is 14.6 Å². The highest BCUT2D eigenvalue weighted by molar-refractivity contribution is 5.94. The zero-order valence-electron chi connectivity index (χ0n) is 11.2. The van der Waals surface area contributed by atoms with Crippen molar-refractivity contribution in [2.45, 2.75) is 13.3 Å². The molecule has 0 saturated carbocycles. The second-order valence-electron chi connectivity index (χ2n) is 3.85. The van der Waals surface area contributed by atoms with Crippen LogP contribution < -0.4 is 14.4 Å². The van der Waals surface area contributed by atoms with Crippen LogP contribution in [0.4, 0.5) is 5.69 Å². The molecule has 0 fully saturated rings. The van der Waals surface area contributed by atoms with E-state index in [9.17, 15) is 9.59 Å². The maximum Gasteiger partial charge on any atom is 0.305 e. The fourth-order valence-corrected chi connectivity index (χ4v) is 1.66. The second-order valence-corrected chi connectivity index (χ2v) is 3.85. The molecular weight excluding hydrogens is 250 g/mol. The molecule has 6 nitrogen and oxygen atoms in total. The molecule has 0 aliphatic carbocycles. The first kappa shape index (κ1) is 14.8. The van der Waals surface area contributed by atoms with Crippen molar-refractivity contribution in [2.24, 2.45) is 0 Å². The minimum atomic E-state index is -0.965. The molecule has 0 aliphatic heterocycles. The maximum absolute atomic E-state index is 11.7. The van der Waals surface area contributed by atoms with Crippen LogP contribution in [0.15, 0.2) is 18.2 Å². The molecule has 1 aromatic rings. The van der Waals surface area contributed by atoms with E-state index in [0.717, 1.165) is 0 Å². The van der Waals surface area contributed by atoms with Gasteiger partial charge in [0.25, 0.3) is 0 Å². The number of hydrogen-bond acceptors (Lipinski definition) is 4. The third kappa shape index (κ3) is 3.87. The molecule has 1 rings (SSSR count). The van der Waals surface area contributed by atoms with Crippen LogP contribution in [0.5, 0.6) is 11.5 Å². The molecule has 0 spiro atoms. The number of amides is 1. The van der Waals surface area contributed by atoms with Crippen molar-refractivity contribution < 1.29 is 24.2 Å². The molecule has 0 aromatic heterocycles. The number of carbonyl (C=O) groups is 2. The Balaban J connectivity index is 3.12. The van der Waals surface area contributed by atoms with Crippen LogP contribution in [-0.2, 0) is 9.59 Å². The van der Waals surface area contributed by atoms with Gasteiger partial charge in [-0.05, 0) is 12.1 Å². The molecule has 0 aliphatic rings. The Morgan fingerprint density at radius 3 is 2.42 bits per heavy atom. The molecule has 0 heterocycles. The molecule has 0 bridgehead atoms. The van der Waals surface area contributed by atoms with Crippen molar-refractivity contribution in [1.82, 2.24) is 0 Å². The first-order valence-electron chi connectivity index (χ1n) is 5.71. The van der Waals surface area contributed by atoms with Crippen LogP contribution in [0, 0.1) is 0 Å². The summed E-state index contributed by atoms with van der Waals surface area (Å²) in [5.41, 5.74) is 0.496. The number of carboxylic acid groups (broad SMARTS) is 1. The van der Waals surface area contributed by atoms with Gasteiger partial charge in [0.2, 0.25) is 5.91 Å². The van der Waals surface area contributed by atoms with Crippen molar-refractivity contribution in [3.05, 3.63) is 18.2 Å². The zero-order chi connectivity index (χ0) is 14.4. The van der Waals surface area contributed by atoms with Gasteiger partial charge >= 0.3 is 5.97 Å². The summed E-state index contributed by atoms with van der Waals surface area (Å²) < 4.78 is 10.3. The monoisotopic (exact) mass is 267 g/mol. The highest BCUT2D eigenvalue weighted by Crippen LogP contribution is 2.32. The first-order chi connectivity index (χ1) is 8.99. The molecule has 1 amide bonds. The van der Waals surface area contributed by atoms with Crippen LogP contribution in [-0.4, -0.2) is 37.7 Å². The van der Waals surface area contributed by atoms with E-state index in [1.165, 1.54) is 26.0 Å². The Morgan fingerprint density at radius 1 is 1.26 bits per heavy atom. The standard InChI is InChI=1S/C13H17NO5/c1-9(15)14(7-6-13(16)17)11-8-10(18-2)4-5-12(11)19-3/h4-5,8H,6-7H2,1-3H3,(H,16,17). The van der Waals surface area contributed by atoms with E-state index >= 15 is 0 Å². The molecular formula is C13H17NO5. The van der Waals surface area contributed by atoms with Gasteiger partial charge in [0, 0.05) is 19.5 Å². The summed E-state index contributed by atoms with van der Waals surface area (Å²) in [4.78, 5) is 23.7. The fraction of sp³-hybridized carbons (Fsp3) is 0.385. The summed E-state index contributed by atoms with van der Waals surface area (Å²) in [7, 11) is 3.00. The highest BCUT2D eigenvalue weighted by Gasteiger charge is 2.18. The topological polar surface area (TPSA) is 76.1 Å². The number of benzene rings is 1. The maximum atomic E-state index is 11.7. The van der Waals surface area contributed by atoms with Gasteiger partial charge in [0.1, 0.15) is 11.5 Å². The molecule has 0 unspecified atom stereocenters. The molecule has 104 valence electrons. The van der Waals surface area contributed by atoms with Gasteiger partial charge in [0.15, 0.2) is 0 Å². The first-order valence-corrected chi connectivity index (χ1v) is 5.71. The molecule has 0 saturated heterocycles. The van der Waals surface area contributed by atoms with Crippen LogP contribution in [0.1, 0.15) is 13.3 Å². The number of rotatable bonds is 6. The average molecular weight is 267 g/mol. The predicted molar refractivity (Wildman–Crippen MR) is 69.8 cm³/mol. The van der Waals surface area contributed by atoms with Crippen LogP contribution in [0.3, 0.4) is 0 Å². The van der Waals surface area contributed by atoms with E-state index in [1.807, 2.05) is 0 Å². The average Bonchev–Trinajstić information content (AvgIpc) is 2.38. The zero-order valence-corrected chi connectivity index (χ0v) is 11.2. The molecule has 1 aromatic carbocycles. The van der Waals surface area contributed by atoms with Crippen molar-refractivity contribution in [3.8, 4) is 11.5 Å². The summed E-state index contributed by atoms with van der Waals surface area (Å²) in [6, 6.07) is 5.02. The van der Waals surface area contributed by atoms with Gasteiger partial charge in [-0.2, -0.15) is 0 Å². The minimum Gasteiger partial charge on any atom is -0.497 e. The van der Waals surface area contributed by atoms with Crippen LogP contribution in [0.2, 0.25) is 0 Å². The van der Waals surface area contributed by atoms with E-state index in [0.29, 0.717) is 17.2 Å². The Kier molecular flexibility index (Phi) is 5.17. The third-order valence-electron chi connectivity index (χ3n) is 2.61. The summed E-state index contributed by atoms with van der Waals surface area (Å²) >= 11 is 0. The fourth-order valence-electron chi connectivity index (χ4n) is 1.66. The number of carbonyl (C=O) groups excluding carboxylic acids is 1. The second kappa shape index (κ2) is 6.63. The lowest BCUT2D eigenvalue weighted by molar-refractivity contribution is -0.136. The number of hydrogen-bond donors (Lipinski definition) is 1. The normalized spacial score (nSPS) is 9.84. The van der Waals surface area contributed by atoms with Crippen LogP contribution >= 0.6 is 0 Å². The summed E-state index contributed by atoms with van der Waals surface area (Å²) in [5.74, 6) is -0.167. The Morgan fingerprint density at radius 2 is 1.95 bits per heavy atom. The number of aliphatic carboxylic acids is 1. The van der Waals surface area contributed by atoms with Gasteiger partial charge in [-0.25, -0.2) is 0 Å². The summed E-state index contributed by atoms with van der Waals surface area (Å²) in [6.07, 6.45) is -0.139. The third-order valence-corrected chi connectivity index (χ3v) is 2.61. The van der Waals surface area contributed by atoms with E-state index in [-0.39, 0.29) is 18.9 Å². The largest absolute Gasteiger partial charge is 0.497 e. The lowest BCUT2D eigenvalue weighted by Gasteiger charge is -2.23. The van der Waals surface area contributed by atoms with Crippen molar-refractivity contribution in [2.75, 3.05) is 25.7 Å². The molecule has 6 heteroatoms. The van der Waals surface area contributed by atoms with Crippen molar-refractivity contribution in [3.63, 3.8) is 0 Å². The smallest absolute Gasteiger partial charge is 0.305 e. The minimum absolute atomic E-state index is 0.0776. The van der Waals surface area contributed by atoms with Gasteiger partial charge in [0.05, 0.1) is 26.3 Å². The lowest BCUT2D eigenvalue weighted by Crippen LogP contribution is -2.31. The number of methoxy groups -OCH3 is 2. The number of ether oxygens (including phenoxy) is 2. The Labute approximate surface area is 111 Å². The molecule has 1 N–H and O–H groups in total. The van der Waals surface area contributed by atoms with E-state index < -0.39 is 5.97 Å². The molecule has 0 radical (unpaired) electrons. The summed E-state index contributed by atoms with van der Waals surface area (Å²) in [6.45, 7) is 1.45. The molecule has 0 atom stereocenters. The quantitative estimate of drug-likeness (QED) is 0.846.